The molecule has 2 N–H and O–H groups in total. The Morgan fingerprint density at radius 2 is 1.71 bits per heavy atom. The molecule has 148 valence electrons. The number of benzene rings is 2. The van der Waals surface area contributed by atoms with Gasteiger partial charge in [0.1, 0.15) is 6.04 Å². The van der Waals surface area contributed by atoms with Gasteiger partial charge in [-0.25, -0.2) is 0 Å². The third-order valence-electron chi connectivity index (χ3n) is 4.68. The van der Waals surface area contributed by atoms with Crippen LogP contribution in [0.4, 0.5) is 17.1 Å². The Bertz CT molecular complexity index is 851. The second-order valence-corrected chi connectivity index (χ2v) is 6.62. The number of carbonyl (C=O) groups excluding carboxylic acids is 2. The van der Waals surface area contributed by atoms with Crippen LogP contribution < -0.4 is 25.0 Å². The average Bonchev–Trinajstić information content (AvgIpc) is 3.14. The normalized spacial score (nSPS) is 14.5. The molecule has 2 amide bonds. The Hall–Kier alpha value is -3.22. The second kappa shape index (κ2) is 8.65. The van der Waals surface area contributed by atoms with Crippen molar-refractivity contribution in [3.05, 3.63) is 42.5 Å². The smallest absolute Gasteiger partial charge is 0.246 e. The SMILES string of the molecule is COc1ccc(NC(=O)[C@@H](C)Nc2ccc(N3CCCC3=O)cc2)cc1OC. The summed E-state index contributed by atoms with van der Waals surface area (Å²) in [7, 11) is 3.11. The van der Waals surface area contributed by atoms with Crippen molar-refractivity contribution in [2.24, 2.45) is 0 Å². The fourth-order valence-corrected chi connectivity index (χ4v) is 3.14. The van der Waals surface area contributed by atoms with Gasteiger partial charge in [-0.3, -0.25) is 9.59 Å². The van der Waals surface area contributed by atoms with Crippen LogP contribution in [0.3, 0.4) is 0 Å². The first-order valence-electron chi connectivity index (χ1n) is 9.21. The van der Waals surface area contributed by atoms with E-state index < -0.39 is 6.04 Å². The van der Waals surface area contributed by atoms with Crippen molar-refractivity contribution in [3.8, 4) is 11.5 Å². The number of carbonyl (C=O) groups is 2. The van der Waals surface area contributed by atoms with Gasteiger partial charge < -0.3 is 25.0 Å². The molecule has 0 aliphatic carbocycles. The fourth-order valence-electron chi connectivity index (χ4n) is 3.14. The molecule has 1 fully saturated rings. The number of anilines is 3. The maximum atomic E-state index is 12.5. The molecule has 1 heterocycles. The summed E-state index contributed by atoms with van der Waals surface area (Å²) in [6.45, 7) is 2.55. The first-order chi connectivity index (χ1) is 13.5. The van der Waals surface area contributed by atoms with E-state index in [4.69, 9.17) is 9.47 Å². The quantitative estimate of drug-likeness (QED) is 0.767. The topological polar surface area (TPSA) is 79.9 Å². The van der Waals surface area contributed by atoms with Crippen LogP contribution in [0.1, 0.15) is 19.8 Å². The van der Waals surface area contributed by atoms with E-state index in [1.807, 2.05) is 24.3 Å². The van der Waals surface area contributed by atoms with Gasteiger partial charge in [0, 0.05) is 36.1 Å². The van der Waals surface area contributed by atoms with Crippen molar-refractivity contribution >= 4 is 28.9 Å². The number of nitrogens with one attached hydrogen (secondary N) is 2. The molecule has 0 saturated carbocycles. The molecule has 0 unspecified atom stereocenters. The predicted octanol–water partition coefficient (Wildman–Crippen LogP) is 3.27. The van der Waals surface area contributed by atoms with E-state index >= 15 is 0 Å². The molecule has 0 aromatic heterocycles. The van der Waals surface area contributed by atoms with Crippen LogP contribution in [-0.2, 0) is 9.59 Å². The number of hydrogen-bond donors (Lipinski definition) is 2. The lowest BCUT2D eigenvalue weighted by atomic mass is 10.2. The minimum absolute atomic E-state index is 0.156. The number of nitrogens with zero attached hydrogens (tertiary/aromatic N) is 1. The van der Waals surface area contributed by atoms with Gasteiger partial charge in [-0.05, 0) is 49.7 Å². The number of amides is 2. The van der Waals surface area contributed by atoms with Gasteiger partial charge in [0.05, 0.1) is 14.2 Å². The summed E-state index contributed by atoms with van der Waals surface area (Å²) >= 11 is 0. The highest BCUT2D eigenvalue weighted by Crippen LogP contribution is 2.30. The summed E-state index contributed by atoms with van der Waals surface area (Å²) in [5.74, 6) is 1.13. The van der Waals surface area contributed by atoms with E-state index in [-0.39, 0.29) is 11.8 Å². The molecular formula is C21H25N3O4. The lowest BCUT2D eigenvalue weighted by Gasteiger charge is -2.18. The molecule has 2 aromatic carbocycles. The maximum absolute atomic E-state index is 12.5. The highest BCUT2D eigenvalue weighted by atomic mass is 16.5. The van der Waals surface area contributed by atoms with Crippen LogP contribution in [0.2, 0.25) is 0 Å². The molecule has 0 radical (unpaired) electrons. The number of hydrogen-bond acceptors (Lipinski definition) is 5. The first-order valence-corrected chi connectivity index (χ1v) is 9.21. The Morgan fingerprint density at radius 1 is 1.04 bits per heavy atom. The third-order valence-corrected chi connectivity index (χ3v) is 4.68. The summed E-state index contributed by atoms with van der Waals surface area (Å²) < 4.78 is 10.5. The predicted molar refractivity (Wildman–Crippen MR) is 109 cm³/mol. The van der Waals surface area contributed by atoms with Crippen molar-refractivity contribution in [1.82, 2.24) is 0 Å². The van der Waals surface area contributed by atoms with E-state index in [0.29, 0.717) is 23.6 Å². The van der Waals surface area contributed by atoms with E-state index in [9.17, 15) is 9.59 Å². The average molecular weight is 383 g/mol. The van der Waals surface area contributed by atoms with E-state index in [0.717, 1.165) is 24.3 Å². The maximum Gasteiger partial charge on any atom is 0.246 e. The lowest BCUT2D eigenvalue weighted by molar-refractivity contribution is -0.117. The summed E-state index contributed by atoms with van der Waals surface area (Å²) in [6, 6.07) is 12.3. The van der Waals surface area contributed by atoms with E-state index in [2.05, 4.69) is 10.6 Å². The number of ether oxygens (including phenoxy) is 2. The zero-order valence-corrected chi connectivity index (χ0v) is 16.3. The second-order valence-electron chi connectivity index (χ2n) is 6.62. The van der Waals surface area contributed by atoms with E-state index in [1.54, 1.807) is 44.2 Å². The summed E-state index contributed by atoms with van der Waals surface area (Å²) in [4.78, 5) is 26.1. The van der Waals surface area contributed by atoms with Gasteiger partial charge in [-0.2, -0.15) is 0 Å². The standard InChI is InChI=1S/C21H25N3O4/c1-14(21(26)23-16-8-11-18(27-2)19(13-16)28-3)22-15-6-9-17(10-7-15)24-12-4-5-20(24)25/h6-11,13-14,22H,4-5,12H2,1-3H3,(H,23,26)/t14-/m1/s1. The number of rotatable bonds is 7. The van der Waals surface area contributed by atoms with Crippen molar-refractivity contribution < 1.29 is 19.1 Å². The summed E-state index contributed by atoms with van der Waals surface area (Å²) in [5.41, 5.74) is 2.32. The van der Waals surface area contributed by atoms with Crippen molar-refractivity contribution in [1.29, 1.82) is 0 Å². The Labute approximate surface area is 164 Å². The molecule has 1 saturated heterocycles. The van der Waals surface area contributed by atoms with Gasteiger partial charge in [0.15, 0.2) is 11.5 Å². The Morgan fingerprint density at radius 3 is 2.32 bits per heavy atom. The fraction of sp³-hybridized carbons (Fsp3) is 0.333. The molecule has 2 aromatic rings. The summed E-state index contributed by atoms with van der Waals surface area (Å²) in [5, 5.41) is 6.03. The summed E-state index contributed by atoms with van der Waals surface area (Å²) in [6.07, 6.45) is 1.50. The third kappa shape index (κ3) is 4.36. The van der Waals surface area contributed by atoms with Crippen LogP contribution >= 0.6 is 0 Å². The van der Waals surface area contributed by atoms with Gasteiger partial charge in [-0.1, -0.05) is 0 Å². The Kier molecular flexibility index (Phi) is 6.03. The molecule has 3 rings (SSSR count). The molecule has 7 heteroatoms. The van der Waals surface area contributed by atoms with Crippen molar-refractivity contribution in [2.75, 3.05) is 36.3 Å². The van der Waals surface area contributed by atoms with Crippen LogP contribution in [0.25, 0.3) is 0 Å². The van der Waals surface area contributed by atoms with Gasteiger partial charge in [0.25, 0.3) is 0 Å². The van der Waals surface area contributed by atoms with E-state index in [1.165, 1.54) is 0 Å². The molecule has 7 nitrogen and oxygen atoms in total. The molecule has 0 spiro atoms. The molecule has 1 aliphatic rings. The molecule has 1 atom stereocenters. The van der Waals surface area contributed by atoms with Gasteiger partial charge in [0.2, 0.25) is 11.8 Å². The van der Waals surface area contributed by atoms with Gasteiger partial charge >= 0.3 is 0 Å². The largest absolute Gasteiger partial charge is 0.493 e. The minimum atomic E-state index is -0.452. The number of methoxy groups -OCH3 is 2. The van der Waals surface area contributed by atoms with Crippen molar-refractivity contribution in [2.45, 2.75) is 25.8 Å². The first kappa shape index (κ1) is 19.5. The molecule has 1 aliphatic heterocycles. The highest BCUT2D eigenvalue weighted by Gasteiger charge is 2.21. The van der Waals surface area contributed by atoms with Crippen LogP contribution in [0.15, 0.2) is 42.5 Å². The van der Waals surface area contributed by atoms with Gasteiger partial charge in [-0.15, -0.1) is 0 Å². The molecular weight excluding hydrogens is 358 g/mol. The minimum Gasteiger partial charge on any atom is -0.493 e. The van der Waals surface area contributed by atoms with Crippen LogP contribution in [-0.4, -0.2) is 38.6 Å². The zero-order valence-electron chi connectivity index (χ0n) is 16.3. The lowest BCUT2D eigenvalue weighted by Crippen LogP contribution is -2.31. The Balaban J connectivity index is 1.60. The zero-order chi connectivity index (χ0) is 20.1. The molecule has 0 bridgehead atoms. The monoisotopic (exact) mass is 383 g/mol. The van der Waals surface area contributed by atoms with Crippen LogP contribution in [0.5, 0.6) is 11.5 Å². The highest BCUT2D eigenvalue weighted by molar-refractivity contribution is 5.97. The van der Waals surface area contributed by atoms with Crippen LogP contribution in [0, 0.1) is 0 Å². The molecule has 28 heavy (non-hydrogen) atoms. The van der Waals surface area contributed by atoms with Crippen molar-refractivity contribution in [3.63, 3.8) is 0 Å².